The molecule has 0 radical (unpaired) electrons. The van der Waals surface area contributed by atoms with Crippen LogP contribution in [0.15, 0.2) is 60.7 Å². The standard InChI is InChI=1S/C30H34O4/c1-3-4-5-6-7-12-27(31)21-28(32)16-14-23-19-26(30(33)29(20-23)34-2)18-22-13-15-24-10-8-9-11-25(24)17-22/h8-11,13-17,19-20,33H,3-7,12,18,21H2,1-2H3. The molecule has 0 atom stereocenters. The van der Waals surface area contributed by atoms with E-state index in [2.05, 4.69) is 31.2 Å². The molecule has 0 spiro atoms. The molecular weight excluding hydrogens is 424 g/mol. The normalized spacial score (nSPS) is 11.2. The molecule has 0 amide bonds. The largest absolute Gasteiger partial charge is 0.504 e. The van der Waals surface area contributed by atoms with Crippen LogP contribution >= 0.6 is 0 Å². The van der Waals surface area contributed by atoms with Gasteiger partial charge in [-0.25, -0.2) is 0 Å². The third-order valence-electron chi connectivity index (χ3n) is 6.00. The Morgan fingerprint density at radius 1 is 0.941 bits per heavy atom. The predicted octanol–water partition coefficient (Wildman–Crippen LogP) is 7.05. The van der Waals surface area contributed by atoms with Gasteiger partial charge in [0.25, 0.3) is 0 Å². The van der Waals surface area contributed by atoms with Gasteiger partial charge in [0.15, 0.2) is 17.3 Å². The van der Waals surface area contributed by atoms with Crippen LogP contribution in [0, 0.1) is 0 Å². The summed E-state index contributed by atoms with van der Waals surface area (Å²) in [6.45, 7) is 2.16. The highest BCUT2D eigenvalue weighted by molar-refractivity contribution is 6.06. The number of phenols is 1. The van der Waals surface area contributed by atoms with Gasteiger partial charge in [-0.05, 0) is 46.5 Å². The van der Waals surface area contributed by atoms with Crippen LogP contribution in [0.25, 0.3) is 16.8 Å². The van der Waals surface area contributed by atoms with Crippen LogP contribution in [0.1, 0.15) is 68.6 Å². The lowest BCUT2D eigenvalue weighted by Gasteiger charge is -2.11. The van der Waals surface area contributed by atoms with Gasteiger partial charge in [0.2, 0.25) is 0 Å². The molecule has 0 saturated heterocycles. The third-order valence-corrected chi connectivity index (χ3v) is 6.00. The Labute approximate surface area is 202 Å². The molecule has 1 N–H and O–H groups in total. The number of Topliss-reactive ketones (excluding diaryl/α,β-unsaturated/α-hetero) is 1. The van der Waals surface area contributed by atoms with Crippen molar-refractivity contribution in [3.63, 3.8) is 0 Å². The van der Waals surface area contributed by atoms with Crippen LogP contribution in [-0.2, 0) is 16.0 Å². The number of rotatable bonds is 13. The minimum Gasteiger partial charge on any atom is -0.504 e. The Bertz CT molecular complexity index is 1160. The number of hydrogen-bond donors (Lipinski definition) is 1. The van der Waals surface area contributed by atoms with Crippen LogP contribution in [-0.4, -0.2) is 23.8 Å². The fraction of sp³-hybridized carbons (Fsp3) is 0.333. The highest BCUT2D eigenvalue weighted by Crippen LogP contribution is 2.34. The molecule has 3 rings (SSSR count). The highest BCUT2D eigenvalue weighted by Gasteiger charge is 2.12. The second-order valence-corrected chi connectivity index (χ2v) is 8.77. The van der Waals surface area contributed by atoms with E-state index >= 15 is 0 Å². The summed E-state index contributed by atoms with van der Waals surface area (Å²) in [5.74, 6) is 0.235. The fourth-order valence-corrected chi connectivity index (χ4v) is 4.10. The Morgan fingerprint density at radius 3 is 2.47 bits per heavy atom. The minimum absolute atomic E-state index is 0.00794. The van der Waals surface area contributed by atoms with Crippen LogP contribution in [0.2, 0.25) is 0 Å². The molecule has 0 heterocycles. The number of methoxy groups -OCH3 is 1. The molecule has 0 aliphatic heterocycles. The van der Waals surface area contributed by atoms with Crippen LogP contribution in [0.4, 0.5) is 0 Å². The minimum atomic E-state index is -0.207. The molecule has 3 aromatic carbocycles. The van der Waals surface area contributed by atoms with Gasteiger partial charge in [0.05, 0.1) is 13.5 Å². The number of benzene rings is 3. The number of aromatic hydroxyl groups is 1. The number of allylic oxidation sites excluding steroid dienone is 1. The van der Waals surface area contributed by atoms with E-state index in [1.807, 2.05) is 24.3 Å². The molecule has 178 valence electrons. The molecule has 0 aromatic heterocycles. The molecule has 0 saturated carbocycles. The van der Waals surface area contributed by atoms with Crippen molar-refractivity contribution >= 4 is 28.4 Å². The summed E-state index contributed by atoms with van der Waals surface area (Å²) in [5, 5.41) is 13.0. The van der Waals surface area contributed by atoms with Crippen molar-refractivity contribution in [2.75, 3.05) is 7.11 Å². The first-order valence-corrected chi connectivity index (χ1v) is 12.1. The zero-order valence-corrected chi connectivity index (χ0v) is 20.2. The SMILES string of the molecule is CCCCCCCC(=O)CC(=O)C=Cc1cc(Cc2ccc3ccccc3c2)c(O)c(OC)c1. The molecular formula is C30H34O4. The van der Waals surface area contributed by atoms with Gasteiger partial charge < -0.3 is 9.84 Å². The number of phenolic OH excluding ortho intramolecular Hbond substituents is 1. The Kier molecular flexibility index (Phi) is 9.45. The first-order chi connectivity index (χ1) is 16.5. The number of carbonyl (C=O) groups excluding carboxylic acids is 2. The van der Waals surface area contributed by atoms with E-state index in [1.54, 1.807) is 12.1 Å². The zero-order valence-electron chi connectivity index (χ0n) is 20.2. The summed E-state index contributed by atoms with van der Waals surface area (Å²) in [7, 11) is 1.51. The maximum absolute atomic E-state index is 12.3. The summed E-state index contributed by atoms with van der Waals surface area (Å²) in [6.07, 6.45) is 9.44. The van der Waals surface area contributed by atoms with Crippen molar-refractivity contribution in [1.29, 1.82) is 0 Å². The van der Waals surface area contributed by atoms with E-state index < -0.39 is 0 Å². The fourth-order valence-electron chi connectivity index (χ4n) is 4.10. The van der Waals surface area contributed by atoms with Crippen molar-refractivity contribution in [3.05, 3.63) is 77.4 Å². The van der Waals surface area contributed by atoms with Gasteiger partial charge in [0.1, 0.15) is 5.78 Å². The Morgan fingerprint density at radius 2 is 1.71 bits per heavy atom. The molecule has 4 heteroatoms. The summed E-state index contributed by atoms with van der Waals surface area (Å²) in [6, 6.07) is 17.9. The predicted molar refractivity (Wildman–Crippen MR) is 138 cm³/mol. The average Bonchev–Trinajstić information content (AvgIpc) is 2.84. The summed E-state index contributed by atoms with van der Waals surface area (Å²) >= 11 is 0. The van der Waals surface area contributed by atoms with Crippen LogP contribution in [0.3, 0.4) is 0 Å². The lowest BCUT2D eigenvalue weighted by atomic mass is 9.98. The lowest BCUT2D eigenvalue weighted by Crippen LogP contribution is -2.05. The number of fused-ring (bicyclic) bond motifs is 1. The second-order valence-electron chi connectivity index (χ2n) is 8.77. The van der Waals surface area contributed by atoms with Gasteiger partial charge in [-0.15, -0.1) is 0 Å². The van der Waals surface area contributed by atoms with E-state index in [9.17, 15) is 14.7 Å². The van der Waals surface area contributed by atoms with Crippen molar-refractivity contribution in [3.8, 4) is 11.5 Å². The molecule has 0 bridgehead atoms. The number of ketones is 2. The summed E-state index contributed by atoms with van der Waals surface area (Å²) in [4.78, 5) is 24.4. The van der Waals surface area contributed by atoms with Crippen LogP contribution < -0.4 is 4.74 Å². The highest BCUT2D eigenvalue weighted by atomic mass is 16.5. The van der Waals surface area contributed by atoms with Gasteiger partial charge in [-0.3, -0.25) is 9.59 Å². The number of ether oxygens (including phenoxy) is 1. The molecule has 4 nitrogen and oxygen atoms in total. The number of hydrogen-bond acceptors (Lipinski definition) is 4. The topological polar surface area (TPSA) is 63.6 Å². The molecule has 3 aromatic rings. The van der Waals surface area contributed by atoms with Gasteiger partial charge in [-0.1, -0.05) is 81.1 Å². The number of carbonyl (C=O) groups is 2. The zero-order chi connectivity index (χ0) is 24.3. The third kappa shape index (κ3) is 7.31. The van der Waals surface area contributed by atoms with Crippen LogP contribution in [0.5, 0.6) is 11.5 Å². The second kappa shape index (κ2) is 12.7. The Hall–Kier alpha value is -3.40. The van der Waals surface area contributed by atoms with Crippen molar-refractivity contribution < 1.29 is 19.4 Å². The number of unbranched alkanes of at least 4 members (excludes halogenated alkanes) is 4. The van der Waals surface area contributed by atoms with Crippen molar-refractivity contribution in [2.45, 2.75) is 58.3 Å². The molecule has 34 heavy (non-hydrogen) atoms. The van der Waals surface area contributed by atoms with E-state index in [0.717, 1.165) is 35.8 Å². The molecule has 0 aliphatic rings. The van der Waals surface area contributed by atoms with E-state index in [0.29, 0.717) is 24.2 Å². The van der Waals surface area contributed by atoms with Crippen molar-refractivity contribution in [2.24, 2.45) is 0 Å². The first kappa shape index (κ1) is 25.2. The maximum Gasteiger partial charge on any atom is 0.163 e. The maximum atomic E-state index is 12.3. The summed E-state index contributed by atoms with van der Waals surface area (Å²) < 4.78 is 5.35. The van der Waals surface area contributed by atoms with E-state index in [4.69, 9.17) is 4.74 Å². The molecule has 0 fully saturated rings. The smallest absolute Gasteiger partial charge is 0.163 e. The van der Waals surface area contributed by atoms with E-state index in [-0.39, 0.29) is 23.7 Å². The van der Waals surface area contributed by atoms with Gasteiger partial charge in [0, 0.05) is 18.4 Å². The molecule has 0 aliphatic carbocycles. The molecule has 0 unspecified atom stereocenters. The van der Waals surface area contributed by atoms with Gasteiger partial charge >= 0.3 is 0 Å². The monoisotopic (exact) mass is 458 g/mol. The van der Waals surface area contributed by atoms with E-state index in [1.165, 1.54) is 31.4 Å². The first-order valence-electron chi connectivity index (χ1n) is 12.1. The van der Waals surface area contributed by atoms with Crippen molar-refractivity contribution in [1.82, 2.24) is 0 Å². The Balaban J connectivity index is 1.67. The lowest BCUT2D eigenvalue weighted by molar-refractivity contribution is -0.124. The van der Waals surface area contributed by atoms with Gasteiger partial charge in [-0.2, -0.15) is 0 Å². The quantitative estimate of drug-likeness (QED) is 0.169. The average molecular weight is 459 g/mol. The summed E-state index contributed by atoms with van der Waals surface area (Å²) in [5.41, 5.74) is 2.52.